The molecule has 1 saturated heterocycles. The highest BCUT2D eigenvalue weighted by molar-refractivity contribution is 6.61. The molecule has 0 atom stereocenters. The van der Waals surface area contributed by atoms with Gasteiger partial charge in [-0.25, -0.2) is 0 Å². The lowest BCUT2D eigenvalue weighted by atomic mass is 9.78. The zero-order chi connectivity index (χ0) is 12.9. The molecule has 0 amide bonds. The first-order valence-corrected chi connectivity index (χ1v) is 6.06. The molecule has 1 heterocycles. The summed E-state index contributed by atoms with van der Waals surface area (Å²) in [7, 11) is -0.139. The van der Waals surface area contributed by atoms with Crippen molar-refractivity contribution in [2.24, 2.45) is 0 Å². The molecule has 0 radical (unpaired) electrons. The Balaban J connectivity index is 0.000000450. The van der Waals surface area contributed by atoms with Gasteiger partial charge < -0.3 is 14.1 Å². The van der Waals surface area contributed by atoms with Crippen LogP contribution < -0.4 is 5.46 Å². The van der Waals surface area contributed by atoms with Gasteiger partial charge in [-0.3, -0.25) is 0 Å². The summed E-state index contributed by atoms with van der Waals surface area (Å²) >= 11 is 0. The summed E-state index contributed by atoms with van der Waals surface area (Å²) < 4.78 is 10.9. The highest BCUT2D eigenvalue weighted by Crippen LogP contribution is 2.01. The van der Waals surface area contributed by atoms with E-state index in [0.29, 0.717) is 0 Å². The van der Waals surface area contributed by atoms with Crippen molar-refractivity contribution in [2.75, 3.05) is 13.2 Å². The van der Waals surface area contributed by atoms with Crippen molar-refractivity contribution >= 4 is 18.9 Å². The highest BCUT2D eigenvalue weighted by atomic mass is 16.6. The maximum Gasteiger partial charge on any atom is 0.493 e. The van der Waals surface area contributed by atoms with E-state index in [0.717, 1.165) is 31.4 Å². The molecule has 2 rings (SSSR count). The van der Waals surface area contributed by atoms with E-state index in [-0.39, 0.29) is 7.12 Å². The molecular weight excluding hydrogens is 215 g/mol. The van der Waals surface area contributed by atoms with Crippen LogP contribution in [-0.2, 0) is 14.1 Å². The molecule has 0 unspecified atom stereocenters. The van der Waals surface area contributed by atoms with E-state index in [4.69, 9.17) is 14.1 Å². The molecule has 1 aromatic carbocycles. The van der Waals surface area contributed by atoms with Crippen molar-refractivity contribution in [2.45, 2.75) is 27.2 Å². The highest BCUT2D eigenvalue weighted by Gasteiger charge is 2.23. The average molecular weight is 236 g/mol. The van der Waals surface area contributed by atoms with Crippen molar-refractivity contribution in [1.29, 1.82) is 0 Å². The smallest absolute Gasteiger partial charge is 0.407 e. The monoisotopic (exact) mass is 236 g/mol. The van der Waals surface area contributed by atoms with Crippen molar-refractivity contribution in [3.05, 3.63) is 30.3 Å². The van der Waals surface area contributed by atoms with E-state index in [1.165, 1.54) is 6.92 Å². The molecule has 0 bridgehead atoms. The molecular formula is C13H21BO3. The summed E-state index contributed by atoms with van der Waals surface area (Å²) in [5, 5.41) is 0. The van der Waals surface area contributed by atoms with E-state index in [1.807, 2.05) is 44.2 Å². The van der Waals surface area contributed by atoms with Gasteiger partial charge in [-0.1, -0.05) is 44.2 Å². The van der Waals surface area contributed by atoms with E-state index in [1.54, 1.807) is 0 Å². The van der Waals surface area contributed by atoms with Crippen LogP contribution in [0.15, 0.2) is 30.3 Å². The quantitative estimate of drug-likeness (QED) is 0.553. The zero-order valence-corrected chi connectivity index (χ0v) is 10.9. The van der Waals surface area contributed by atoms with Gasteiger partial charge in [-0.2, -0.15) is 0 Å². The van der Waals surface area contributed by atoms with Crippen LogP contribution in [0.5, 0.6) is 0 Å². The van der Waals surface area contributed by atoms with E-state index in [9.17, 15) is 0 Å². The van der Waals surface area contributed by atoms with Crippen LogP contribution in [0.3, 0.4) is 0 Å². The lowest BCUT2D eigenvalue weighted by Crippen LogP contribution is -2.40. The molecule has 4 heteroatoms. The fourth-order valence-corrected chi connectivity index (χ4v) is 1.29. The zero-order valence-electron chi connectivity index (χ0n) is 10.9. The van der Waals surface area contributed by atoms with Crippen LogP contribution in [0, 0.1) is 0 Å². The Kier molecular flexibility index (Phi) is 10.6. The minimum Gasteiger partial charge on any atom is -0.407 e. The van der Waals surface area contributed by atoms with Crippen LogP contribution in [0.2, 0.25) is 0 Å². The van der Waals surface area contributed by atoms with Crippen LogP contribution in [-0.4, -0.2) is 26.6 Å². The minimum atomic E-state index is -0.139. The summed E-state index contributed by atoms with van der Waals surface area (Å²) in [5.41, 5.74) is 1.11. The Morgan fingerprint density at radius 2 is 1.59 bits per heavy atom. The number of carbonyl (C=O) groups excluding carboxylic acids is 1. The van der Waals surface area contributed by atoms with Crippen LogP contribution in [0.1, 0.15) is 27.2 Å². The molecule has 1 aliphatic rings. The van der Waals surface area contributed by atoms with E-state index in [2.05, 4.69) is 0 Å². The van der Waals surface area contributed by atoms with E-state index >= 15 is 0 Å². The molecule has 1 aromatic rings. The predicted octanol–water partition coefficient (Wildman–Crippen LogP) is 2.05. The summed E-state index contributed by atoms with van der Waals surface area (Å²) in [4.78, 5) is 8.81. The number of aldehydes is 1. The third kappa shape index (κ3) is 6.92. The molecule has 94 valence electrons. The van der Waals surface area contributed by atoms with Gasteiger partial charge in [0.1, 0.15) is 6.29 Å². The van der Waals surface area contributed by atoms with Gasteiger partial charge in [0, 0.05) is 13.2 Å². The molecule has 0 N–H and O–H groups in total. The van der Waals surface area contributed by atoms with Crippen molar-refractivity contribution in [3.8, 4) is 0 Å². The molecule has 1 aliphatic heterocycles. The Morgan fingerprint density at radius 1 is 1.12 bits per heavy atom. The summed E-state index contributed by atoms with van der Waals surface area (Å²) in [5.74, 6) is 0. The number of hydrogen-bond donors (Lipinski definition) is 0. The summed E-state index contributed by atoms with van der Waals surface area (Å²) in [6, 6.07) is 10.0. The molecule has 0 saturated carbocycles. The fraction of sp³-hybridized carbons (Fsp3) is 0.462. The van der Waals surface area contributed by atoms with E-state index < -0.39 is 0 Å². The van der Waals surface area contributed by atoms with Gasteiger partial charge in [0.2, 0.25) is 0 Å². The maximum absolute atomic E-state index is 8.81. The summed E-state index contributed by atoms with van der Waals surface area (Å²) in [6.07, 6.45) is 1.75. The largest absolute Gasteiger partial charge is 0.493 e. The number of hydrogen-bond acceptors (Lipinski definition) is 3. The lowest BCUT2D eigenvalue weighted by molar-refractivity contribution is -0.106. The fourth-order valence-electron chi connectivity index (χ4n) is 1.29. The summed E-state index contributed by atoms with van der Waals surface area (Å²) in [6.45, 7) is 7.05. The standard InChI is InChI=1S/C9H11BO2.C2H4O.C2H6/c1-2-5-9(6-3-1)10-11-7-4-8-12-10;1-2-3;1-2/h1-3,5-6H,4,7-8H2;2H,1H3;1-2H3. The first-order chi connectivity index (χ1) is 8.38. The lowest BCUT2D eigenvalue weighted by Gasteiger charge is -2.19. The number of carbonyl (C=O) groups is 1. The Hall–Kier alpha value is -1.13. The van der Waals surface area contributed by atoms with Gasteiger partial charge in [0.15, 0.2) is 0 Å². The first-order valence-electron chi connectivity index (χ1n) is 6.06. The Labute approximate surface area is 104 Å². The van der Waals surface area contributed by atoms with Gasteiger partial charge >= 0.3 is 7.12 Å². The van der Waals surface area contributed by atoms with Gasteiger partial charge in [-0.15, -0.1) is 0 Å². The molecule has 0 spiro atoms. The second-order valence-electron chi connectivity index (χ2n) is 3.07. The predicted molar refractivity (Wildman–Crippen MR) is 71.4 cm³/mol. The van der Waals surface area contributed by atoms with Crippen LogP contribution in [0.4, 0.5) is 0 Å². The minimum absolute atomic E-state index is 0.139. The first kappa shape index (κ1) is 15.9. The number of benzene rings is 1. The average Bonchev–Trinajstić information content (AvgIpc) is 2.44. The van der Waals surface area contributed by atoms with Gasteiger partial charge in [0.25, 0.3) is 0 Å². The third-order valence-corrected chi connectivity index (χ3v) is 1.90. The SMILES string of the molecule is CC.CC=O.c1ccc(B2OCCCO2)cc1. The number of rotatable bonds is 1. The normalized spacial score (nSPS) is 13.7. The molecule has 3 nitrogen and oxygen atoms in total. The third-order valence-electron chi connectivity index (χ3n) is 1.90. The second-order valence-corrected chi connectivity index (χ2v) is 3.07. The second kappa shape index (κ2) is 11.4. The van der Waals surface area contributed by atoms with Gasteiger partial charge in [-0.05, 0) is 18.8 Å². The van der Waals surface area contributed by atoms with Crippen molar-refractivity contribution in [3.63, 3.8) is 0 Å². The molecule has 17 heavy (non-hydrogen) atoms. The Morgan fingerprint density at radius 3 is 2.06 bits per heavy atom. The van der Waals surface area contributed by atoms with Crippen LogP contribution >= 0.6 is 0 Å². The molecule has 1 fully saturated rings. The molecule has 0 aromatic heterocycles. The van der Waals surface area contributed by atoms with Gasteiger partial charge in [0.05, 0.1) is 0 Å². The molecule has 0 aliphatic carbocycles. The van der Waals surface area contributed by atoms with Crippen molar-refractivity contribution < 1.29 is 14.1 Å². The topological polar surface area (TPSA) is 35.5 Å². The van der Waals surface area contributed by atoms with Crippen molar-refractivity contribution in [1.82, 2.24) is 0 Å². The van der Waals surface area contributed by atoms with Crippen LogP contribution in [0.25, 0.3) is 0 Å². The Bertz CT molecular complexity index is 271. The maximum atomic E-state index is 8.81.